The van der Waals surface area contributed by atoms with Crippen molar-refractivity contribution in [3.63, 3.8) is 0 Å². The molecule has 1 amide bonds. The van der Waals surface area contributed by atoms with Crippen LogP contribution in [0.4, 0.5) is 0 Å². The highest BCUT2D eigenvalue weighted by Crippen LogP contribution is 2.19. The third-order valence-corrected chi connectivity index (χ3v) is 3.22. The molecule has 0 saturated heterocycles. The maximum absolute atomic E-state index is 11.4. The fourth-order valence-electron chi connectivity index (χ4n) is 2.14. The maximum Gasteiger partial charge on any atom is 0.236 e. The van der Waals surface area contributed by atoms with Crippen molar-refractivity contribution in [1.29, 1.82) is 0 Å². The lowest BCUT2D eigenvalue weighted by molar-refractivity contribution is -0.122. The molecule has 4 nitrogen and oxygen atoms in total. The summed E-state index contributed by atoms with van der Waals surface area (Å²) in [6.07, 6.45) is 2.11. The zero-order valence-electron chi connectivity index (χ0n) is 11.0. The number of likely N-dealkylation sites (N-methyl/N-ethyl adjacent to an activating group) is 1. The third-order valence-electron chi connectivity index (χ3n) is 3.22. The Labute approximate surface area is 107 Å². The first-order chi connectivity index (χ1) is 8.63. The summed E-state index contributed by atoms with van der Waals surface area (Å²) >= 11 is 0. The van der Waals surface area contributed by atoms with E-state index in [1.165, 1.54) is 16.5 Å². The van der Waals surface area contributed by atoms with Gasteiger partial charge in [0, 0.05) is 37.7 Å². The summed E-state index contributed by atoms with van der Waals surface area (Å²) in [6, 6.07) is 8.09. The number of hydrogen-bond acceptors (Lipinski definition) is 2. The molecule has 1 unspecified atom stereocenters. The van der Waals surface area contributed by atoms with E-state index in [-0.39, 0.29) is 11.9 Å². The number of hydrogen-bond donors (Lipinski definition) is 2. The van der Waals surface area contributed by atoms with E-state index in [0.29, 0.717) is 6.54 Å². The van der Waals surface area contributed by atoms with Crippen LogP contribution in [0.15, 0.2) is 30.5 Å². The molecular weight excluding hydrogens is 226 g/mol. The van der Waals surface area contributed by atoms with Crippen LogP contribution in [0.25, 0.3) is 10.9 Å². The van der Waals surface area contributed by atoms with Gasteiger partial charge in [-0.15, -0.1) is 0 Å². The Hall–Kier alpha value is -1.81. The second-order valence-corrected chi connectivity index (χ2v) is 4.50. The molecule has 0 aliphatic carbocycles. The predicted molar refractivity (Wildman–Crippen MR) is 73.3 cm³/mol. The number of aromatic nitrogens is 1. The van der Waals surface area contributed by atoms with Gasteiger partial charge in [0.1, 0.15) is 0 Å². The average molecular weight is 245 g/mol. The van der Waals surface area contributed by atoms with Crippen molar-refractivity contribution in [2.75, 3.05) is 7.05 Å². The molecular formula is C14H19N3O. The second-order valence-electron chi connectivity index (χ2n) is 4.50. The lowest BCUT2D eigenvalue weighted by Crippen LogP contribution is -2.40. The zero-order chi connectivity index (χ0) is 13.1. The number of nitrogens with one attached hydrogen (secondary N) is 2. The Bertz CT molecular complexity index is 559. The third kappa shape index (κ3) is 2.38. The summed E-state index contributed by atoms with van der Waals surface area (Å²) in [5, 5.41) is 7.10. The topological polar surface area (TPSA) is 46.1 Å². The molecule has 1 aromatic heterocycles. The molecule has 0 fully saturated rings. The molecule has 0 spiro atoms. The summed E-state index contributed by atoms with van der Waals surface area (Å²) in [4.78, 5) is 11.4. The highest BCUT2D eigenvalue weighted by atomic mass is 16.2. The summed E-state index contributed by atoms with van der Waals surface area (Å²) in [6.45, 7) is 2.56. The van der Waals surface area contributed by atoms with E-state index in [0.717, 1.165) is 0 Å². The smallest absolute Gasteiger partial charge is 0.236 e. The van der Waals surface area contributed by atoms with Crippen LogP contribution in [-0.2, 0) is 18.4 Å². The summed E-state index contributed by atoms with van der Waals surface area (Å²) in [7, 11) is 3.69. The Balaban J connectivity index is 2.15. The summed E-state index contributed by atoms with van der Waals surface area (Å²) in [5.74, 6) is 0.00948. The molecule has 0 bridgehead atoms. The van der Waals surface area contributed by atoms with Crippen molar-refractivity contribution in [3.8, 4) is 0 Å². The van der Waals surface area contributed by atoms with Gasteiger partial charge >= 0.3 is 0 Å². The average Bonchev–Trinajstić information content (AvgIpc) is 2.72. The number of carbonyl (C=O) groups is 1. The second kappa shape index (κ2) is 5.23. The SMILES string of the molecule is CNC(=O)C(C)NCc1cn(C)c2ccccc12. The van der Waals surface area contributed by atoms with E-state index < -0.39 is 0 Å². The number of fused-ring (bicyclic) bond motifs is 1. The minimum absolute atomic E-state index is 0.00948. The van der Waals surface area contributed by atoms with Crippen LogP contribution in [0.3, 0.4) is 0 Å². The van der Waals surface area contributed by atoms with Crippen LogP contribution in [0.1, 0.15) is 12.5 Å². The van der Waals surface area contributed by atoms with E-state index in [1.54, 1.807) is 7.05 Å². The quantitative estimate of drug-likeness (QED) is 0.855. The van der Waals surface area contributed by atoms with Gasteiger partial charge < -0.3 is 15.2 Å². The molecule has 1 heterocycles. The van der Waals surface area contributed by atoms with Crippen molar-refractivity contribution in [3.05, 3.63) is 36.0 Å². The number of aryl methyl sites for hydroxylation is 1. The highest BCUT2D eigenvalue weighted by Gasteiger charge is 2.11. The van der Waals surface area contributed by atoms with Gasteiger partial charge in [-0.1, -0.05) is 18.2 Å². The van der Waals surface area contributed by atoms with E-state index >= 15 is 0 Å². The molecule has 0 saturated carbocycles. The molecule has 0 radical (unpaired) electrons. The van der Waals surface area contributed by atoms with Crippen LogP contribution in [0, 0.1) is 0 Å². The minimum Gasteiger partial charge on any atom is -0.358 e. The first kappa shape index (κ1) is 12.6. The van der Waals surface area contributed by atoms with Crippen LogP contribution in [0.5, 0.6) is 0 Å². The molecule has 96 valence electrons. The van der Waals surface area contributed by atoms with E-state index in [1.807, 2.05) is 26.1 Å². The zero-order valence-corrected chi connectivity index (χ0v) is 11.0. The number of nitrogens with zero attached hydrogens (tertiary/aromatic N) is 1. The molecule has 4 heteroatoms. The van der Waals surface area contributed by atoms with Crippen molar-refractivity contribution < 1.29 is 4.79 Å². The Morgan fingerprint density at radius 1 is 1.39 bits per heavy atom. The van der Waals surface area contributed by atoms with Gasteiger partial charge in [0.15, 0.2) is 0 Å². The first-order valence-electron chi connectivity index (χ1n) is 6.11. The van der Waals surface area contributed by atoms with Gasteiger partial charge in [0.2, 0.25) is 5.91 Å². The van der Waals surface area contributed by atoms with Crippen LogP contribution in [-0.4, -0.2) is 23.6 Å². The van der Waals surface area contributed by atoms with Gasteiger partial charge in [-0.2, -0.15) is 0 Å². The van der Waals surface area contributed by atoms with E-state index in [2.05, 4.69) is 33.5 Å². The molecule has 2 aromatic rings. The Kier molecular flexibility index (Phi) is 3.67. The van der Waals surface area contributed by atoms with Gasteiger partial charge in [-0.3, -0.25) is 4.79 Å². The molecule has 0 aliphatic rings. The Morgan fingerprint density at radius 3 is 2.83 bits per heavy atom. The molecule has 0 aliphatic heterocycles. The van der Waals surface area contributed by atoms with E-state index in [4.69, 9.17) is 0 Å². The summed E-state index contributed by atoms with van der Waals surface area (Å²) in [5.41, 5.74) is 2.42. The van der Waals surface area contributed by atoms with Gasteiger partial charge in [-0.25, -0.2) is 0 Å². The van der Waals surface area contributed by atoms with Crippen molar-refractivity contribution in [1.82, 2.24) is 15.2 Å². The highest BCUT2D eigenvalue weighted by molar-refractivity contribution is 5.84. The van der Waals surface area contributed by atoms with Crippen LogP contribution >= 0.6 is 0 Å². The molecule has 1 atom stereocenters. The number of rotatable bonds is 4. The van der Waals surface area contributed by atoms with Crippen LogP contribution in [0.2, 0.25) is 0 Å². The van der Waals surface area contributed by atoms with Gasteiger partial charge in [-0.05, 0) is 18.6 Å². The molecule has 2 rings (SSSR count). The summed E-state index contributed by atoms with van der Waals surface area (Å²) < 4.78 is 2.11. The Morgan fingerprint density at radius 2 is 2.11 bits per heavy atom. The fourth-order valence-corrected chi connectivity index (χ4v) is 2.14. The molecule has 18 heavy (non-hydrogen) atoms. The van der Waals surface area contributed by atoms with E-state index in [9.17, 15) is 4.79 Å². The number of amides is 1. The van der Waals surface area contributed by atoms with Crippen molar-refractivity contribution in [2.45, 2.75) is 19.5 Å². The predicted octanol–water partition coefficient (Wildman–Crippen LogP) is 1.40. The maximum atomic E-state index is 11.4. The standard InChI is InChI=1S/C14H19N3O/c1-10(14(18)15-2)16-8-11-9-17(3)13-7-5-4-6-12(11)13/h4-7,9-10,16H,8H2,1-3H3,(H,15,18). The minimum atomic E-state index is -0.186. The van der Waals surface area contributed by atoms with Crippen molar-refractivity contribution in [2.24, 2.45) is 7.05 Å². The largest absolute Gasteiger partial charge is 0.358 e. The van der Waals surface area contributed by atoms with Crippen molar-refractivity contribution >= 4 is 16.8 Å². The lowest BCUT2D eigenvalue weighted by atomic mass is 10.1. The lowest BCUT2D eigenvalue weighted by Gasteiger charge is -2.11. The number of carbonyl (C=O) groups excluding carboxylic acids is 1. The fraction of sp³-hybridized carbons (Fsp3) is 0.357. The number of para-hydroxylation sites is 1. The number of benzene rings is 1. The first-order valence-corrected chi connectivity index (χ1v) is 6.11. The van der Waals surface area contributed by atoms with Gasteiger partial charge in [0.05, 0.1) is 6.04 Å². The van der Waals surface area contributed by atoms with Crippen LogP contribution < -0.4 is 10.6 Å². The monoisotopic (exact) mass is 245 g/mol. The molecule has 2 N–H and O–H groups in total. The van der Waals surface area contributed by atoms with Gasteiger partial charge in [0.25, 0.3) is 0 Å². The molecule has 1 aromatic carbocycles. The normalized spacial score (nSPS) is 12.6.